The first-order valence-corrected chi connectivity index (χ1v) is 10.1. The molecule has 1 N–H and O–H groups in total. The molecule has 0 fully saturated rings. The standard InChI is InChI=1S/C22H21FN6O/c1-14-12-16(20-21(25-14)28-10-4-2-3-6-19(28)27-20)22(30)26-15-7-8-18(17(23)13-15)29-11-5-9-24-29/h5,7-9,11-13H,2-4,6,10H2,1H3,(H,26,30). The fraction of sp³-hybridized carbons (Fsp3) is 0.273. The van der Waals surface area contributed by atoms with Crippen LogP contribution >= 0.6 is 0 Å². The Hall–Kier alpha value is -3.55. The molecule has 0 saturated carbocycles. The Morgan fingerprint density at radius 2 is 2.07 bits per heavy atom. The number of imidazole rings is 1. The molecule has 30 heavy (non-hydrogen) atoms. The van der Waals surface area contributed by atoms with Crippen molar-refractivity contribution in [2.75, 3.05) is 5.32 Å². The van der Waals surface area contributed by atoms with Gasteiger partial charge in [0, 0.05) is 36.7 Å². The highest BCUT2D eigenvalue weighted by Gasteiger charge is 2.21. The molecule has 3 aromatic heterocycles. The topological polar surface area (TPSA) is 77.6 Å². The second kappa shape index (κ2) is 7.37. The first-order chi connectivity index (χ1) is 14.6. The molecule has 8 heteroatoms. The number of amides is 1. The van der Waals surface area contributed by atoms with Gasteiger partial charge in [0.25, 0.3) is 5.91 Å². The van der Waals surface area contributed by atoms with Crippen LogP contribution in [0.1, 0.15) is 41.1 Å². The number of nitrogens with zero attached hydrogens (tertiary/aromatic N) is 5. The number of aromatic nitrogens is 5. The fourth-order valence-electron chi connectivity index (χ4n) is 3.97. The van der Waals surface area contributed by atoms with Crippen LogP contribution in [-0.4, -0.2) is 30.2 Å². The van der Waals surface area contributed by atoms with Gasteiger partial charge in [0.05, 0.1) is 5.56 Å². The molecule has 0 spiro atoms. The van der Waals surface area contributed by atoms with Gasteiger partial charge in [0.2, 0.25) is 0 Å². The van der Waals surface area contributed by atoms with Gasteiger partial charge in [-0.05, 0) is 50.1 Å². The summed E-state index contributed by atoms with van der Waals surface area (Å²) in [6, 6.07) is 8.00. The number of hydrogen-bond donors (Lipinski definition) is 1. The average molecular weight is 404 g/mol. The number of pyridine rings is 1. The third kappa shape index (κ3) is 3.24. The van der Waals surface area contributed by atoms with Crippen molar-refractivity contribution in [3.05, 3.63) is 65.6 Å². The number of hydrogen-bond acceptors (Lipinski definition) is 4. The Labute approximate surface area is 172 Å². The van der Waals surface area contributed by atoms with E-state index in [-0.39, 0.29) is 5.91 Å². The number of anilines is 1. The second-order valence-electron chi connectivity index (χ2n) is 7.54. The molecule has 4 heterocycles. The van der Waals surface area contributed by atoms with E-state index in [0.29, 0.717) is 22.5 Å². The molecule has 4 aromatic rings. The number of carbonyl (C=O) groups excluding carboxylic acids is 1. The van der Waals surface area contributed by atoms with Crippen molar-refractivity contribution in [3.63, 3.8) is 0 Å². The number of benzene rings is 1. The van der Waals surface area contributed by atoms with E-state index >= 15 is 0 Å². The van der Waals surface area contributed by atoms with Crippen molar-refractivity contribution >= 4 is 22.8 Å². The molecule has 0 unspecified atom stereocenters. The van der Waals surface area contributed by atoms with E-state index in [4.69, 9.17) is 4.98 Å². The Morgan fingerprint density at radius 1 is 1.17 bits per heavy atom. The highest BCUT2D eigenvalue weighted by molar-refractivity contribution is 6.11. The van der Waals surface area contributed by atoms with Gasteiger partial charge >= 0.3 is 0 Å². The third-order valence-electron chi connectivity index (χ3n) is 5.39. The third-order valence-corrected chi connectivity index (χ3v) is 5.39. The number of rotatable bonds is 3. The molecule has 0 atom stereocenters. The smallest absolute Gasteiger partial charge is 0.258 e. The van der Waals surface area contributed by atoms with E-state index in [2.05, 4.69) is 20.0 Å². The van der Waals surface area contributed by atoms with Crippen LogP contribution in [0.25, 0.3) is 16.9 Å². The summed E-state index contributed by atoms with van der Waals surface area (Å²) >= 11 is 0. The molecule has 5 rings (SSSR count). The highest BCUT2D eigenvalue weighted by Crippen LogP contribution is 2.25. The summed E-state index contributed by atoms with van der Waals surface area (Å²) in [4.78, 5) is 22.4. The molecule has 1 aromatic carbocycles. The minimum Gasteiger partial charge on any atom is -0.322 e. The van der Waals surface area contributed by atoms with Crippen LogP contribution in [0.5, 0.6) is 0 Å². The van der Waals surface area contributed by atoms with Gasteiger partial charge in [-0.1, -0.05) is 6.42 Å². The van der Waals surface area contributed by atoms with Gasteiger partial charge in [-0.15, -0.1) is 0 Å². The van der Waals surface area contributed by atoms with Crippen molar-refractivity contribution < 1.29 is 9.18 Å². The van der Waals surface area contributed by atoms with Gasteiger partial charge in [-0.2, -0.15) is 5.10 Å². The lowest BCUT2D eigenvalue weighted by atomic mass is 10.1. The number of fused-ring (bicyclic) bond motifs is 3. The largest absolute Gasteiger partial charge is 0.322 e. The summed E-state index contributed by atoms with van der Waals surface area (Å²) in [5.74, 6) is 0.176. The summed E-state index contributed by atoms with van der Waals surface area (Å²) in [5.41, 5.74) is 3.24. The predicted molar refractivity (Wildman–Crippen MR) is 111 cm³/mol. The van der Waals surface area contributed by atoms with E-state index in [1.807, 2.05) is 6.92 Å². The Morgan fingerprint density at radius 3 is 2.87 bits per heavy atom. The maximum absolute atomic E-state index is 14.5. The van der Waals surface area contributed by atoms with Crippen LogP contribution in [0.4, 0.5) is 10.1 Å². The van der Waals surface area contributed by atoms with Gasteiger partial charge in [0.15, 0.2) is 11.5 Å². The average Bonchev–Trinajstić information content (AvgIpc) is 3.30. The highest BCUT2D eigenvalue weighted by atomic mass is 19.1. The summed E-state index contributed by atoms with van der Waals surface area (Å²) in [7, 11) is 0. The van der Waals surface area contributed by atoms with E-state index in [1.165, 1.54) is 17.2 Å². The molecule has 152 valence electrons. The molecule has 1 aliphatic rings. The van der Waals surface area contributed by atoms with Crippen LogP contribution in [0, 0.1) is 12.7 Å². The number of halogens is 1. The molecule has 0 aliphatic carbocycles. The zero-order chi connectivity index (χ0) is 20.7. The zero-order valence-corrected chi connectivity index (χ0v) is 16.6. The lowest BCUT2D eigenvalue weighted by molar-refractivity contribution is 0.102. The number of nitrogens with one attached hydrogen (secondary N) is 1. The van der Waals surface area contributed by atoms with Gasteiger partial charge < -0.3 is 9.88 Å². The van der Waals surface area contributed by atoms with Crippen LogP contribution in [0.3, 0.4) is 0 Å². The molecule has 7 nitrogen and oxygen atoms in total. The van der Waals surface area contributed by atoms with Gasteiger partial charge in [-0.3, -0.25) is 4.79 Å². The summed E-state index contributed by atoms with van der Waals surface area (Å²) in [6.45, 7) is 2.73. The molecule has 1 amide bonds. The number of carbonyl (C=O) groups is 1. The monoisotopic (exact) mass is 404 g/mol. The maximum atomic E-state index is 14.5. The van der Waals surface area contributed by atoms with Crippen molar-refractivity contribution in [2.45, 2.75) is 39.2 Å². The van der Waals surface area contributed by atoms with Gasteiger partial charge in [0.1, 0.15) is 17.0 Å². The molecular weight excluding hydrogens is 383 g/mol. The molecule has 1 aliphatic heterocycles. The van der Waals surface area contributed by atoms with Crippen LogP contribution < -0.4 is 5.32 Å². The first kappa shape index (κ1) is 18.5. The SMILES string of the molecule is Cc1cc(C(=O)Nc2ccc(-n3cccn3)c(F)c2)c2nc3n(c2n1)CCCCC3. The van der Waals surface area contributed by atoms with Crippen molar-refractivity contribution in [2.24, 2.45) is 0 Å². The van der Waals surface area contributed by atoms with E-state index in [0.717, 1.165) is 43.0 Å². The molecular formula is C22H21FN6O. The normalized spacial score (nSPS) is 13.8. The van der Waals surface area contributed by atoms with Crippen molar-refractivity contribution in [1.29, 1.82) is 0 Å². The second-order valence-corrected chi connectivity index (χ2v) is 7.54. The van der Waals surface area contributed by atoms with E-state index in [1.54, 1.807) is 36.7 Å². The minimum absolute atomic E-state index is 0.318. The van der Waals surface area contributed by atoms with Crippen molar-refractivity contribution in [1.82, 2.24) is 24.3 Å². The molecule has 0 bridgehead atoms. The molecule has 0 radical (unpaired) electrons. The quantitative estimate of drug-likeness (QED) is 0.559. The van der Waals surface area contributed by atoms with Crippen LogP contribution in [0.2, 0.25) is 0 Å². The van der Waals surface area contributed by atoms with E-state index < -0.39 is 5.82 Å². The summed E-state index contributed by atoms with van der Waals surface area (Å²) in [5, 5.41) is 6.84. The lowest BCUT2D eigenvalue weighted by Crippen LogP contribution is -2.14. The van der Waals surface area contributed by atoms with Crippen LogP contribution in [0.15, 0.2) is 42.7 Å². The fourth-order valence-corrected chi connectivity index (χ4v) is 3.97. The molecule has 0 saturated heterocycles. The zero-order valence-electron chi connectivity index (χ0n) is 16.6. The van der Waals surface area contributed by atoms with E-state index in [9.17, 15) is 9.18 Å². The maximum Gasteiger partial charge on any atom is 0.258 e. The van der Waals surface area contributed by atoms with Crippen LogP contribution in [-0.2, 0) is 13.0 Å². The van der Waals surface area contributed by atoms with Crippen molar-refractivity contribution in [3.8, 4) is 5.69 Å². The summed E-state index contributed by atoms with van der Waals surface area (Å²) < 4.78 is 18.1. The van der Waals surface area contributed by atoms with Gasteiger partial charge in [-0.25, -0.2) is 19.0 Å². The Balaban J connectivity index is 1.49. The minimum atomic E-state index is -0.471. The number of aryl methyl sites for hydroxylation is 3. The summed E-state index contributed by atoms with van der Waals surface area (Å²) in [6.07, 6.45) is 7.47. The Kier molecular flexibility index (Phi) is 4.54. The first-order valence-electron chi connectivity index (χ1n) is 10.1. The Bertz CT molecular complexity index is 1240. The predicted octanol–water partition coefficient (Wildman–Crippen LogP) is 4.04. The lowest BCUT2D eigenvalue weighted by Gasteiger charge is -2.09.